The Balaban J connectivity index is 2.02. The molecule has 2 rings (SSSR count). The second-order valence-electron chi connectivity index (χ2n) is 4.07. The first-order valence-corrected chi connectivity index (χ1v) is 5.10. The summed E-state index contributed by atoms with van der Waals surface area (Å²) in [5.41, 5.74) is 6.65. The van der Waals surface area contributed by atoms with Gasteiger partial charge in [0, 0.05) is 25.7 Å². The maximum atomic E-state index is 13.0. The minimum atomic E-state index is -0.559. The van der Waals surface area contributed by atoms with Gasteiger partial charge in [0.05, 0.1) is 0 Å². The average Bonchev–Trinajstić information content (AvgIpc) is 2.58. The van der Waals surface area contributed by atoms with Crippen molar-refractivity contribution in [2.24, 2.45) is 5.73 Å². The van der Waals surface area contributed by atoms with Gasteiger partial charge < -0.3 is 10.8 Å². The molecule has 1 aliphatic heterocycles. The second-order valence-corrected chi connectivity index (χ2v) is 4.07. The van der Waals surface area contributed by atoms with E-state index in [9.17, 15) is 4.39 Å². The zero-order chi connectivity index (χ0) is 10.8. The Hall–Kier alpha value is -1.13. The molecule has 1 aromatic rings. The molecule has 0 bridgehead atoms. The van der Waals surface area contributed by atoms with Gasteiger partial charge in [0.1, 0.15) is 0 Å². The van der Waals surface area contributed by atoms with Gasteiger partial charge in [0.15, 0.2) is 11.6 Å². The highest BCUT2D eigenvalue weighted by Gasteiger charge is 2.19. The molecule has 1 aliphatic rings. The van der Waals surface area contributed by atoms with Gasteiger partial charge in [-0.3, -0.25) is 4.90 Å². The number of benzene rings is 1. The van der Waals surface area contributed by atoms with Crippen molar-refractivity contribution in [2.75, 3.05) is 13.1 Å². The summed E-state index contributed by atoms with van der Waals surface area (Å²) < 4.78 is 13.0. The van der Waals surface area contributed by atoms with Crippen molar-refractivity contribution in [3.63, 3.8) is 0 Å². The molecule has 0 aromatic heterocycles. The van der Waals surface area contributed by atoms with Crippen molar-refractivity contribution in [3.8, 4) is 5.75 Å². The molecule has 1 fully saturated rings. The number of hydrogen-bond acceptors (Lipinski definition) is 3. The van der Waals surface area contributed by atoms with Crippen LogP contribution in [0.1, 0.15) is 12.0 Å². The van der Waals surface area contributed by atoms with Crippen LogP contribution in [0.15, 0.2) is 18.2 Å². The number of aromatic hydroxyl groups is 1. The molecule has 15 heavy (non-hydrogen) atoms. The molecule has 82 valence electrons. The van der Waals surface area contributed by atoms with Gasteiger partial charge in [-0.05, 0) is 24.1 Å². The van der Waals surface area contributed by atoms with E-state index in [0.717, 1.165) is 25.1 Å². The van der Waals surface area contributed by atoms with E-state index < -0.39 is 5.82 Å². The van der Waals surface area contributed by atoms with Crippen LogP contribution in [0, 0.1) is 5.82 Å². The van der Waals surface area contributed by atoms with E-state index in [2.05, 4.69) is 4.90 Å². The number of rotatable bonds is 2. The predicted octanol–water partition coefficient (Wildman–Crippen LogP) is 1.06. The Labute approximate surface area is 88.3 Å². The monoisotopic (exact) mass is 210 g/mol. The number of likely N-dealkylation sites (tertiary alicyclic amines) is 1. The lowest BCUT2D eigenvalue weighted by molar-refractivity contribution is 0.325. The van der Waals surface area contributed by atoms with Crippen LogP contribution in [0.3, 0.4) is 0 Å². The van der Waals surface area contributed by atoms with Crippen LogP contribution < -0.4 is 5.73 Å². The second kappa shape index (κ2) is 4.16. The van der Waals surface area contributed by atoms with Crippen LogP contribution in [-0.4, -0.2) is 29.1 Å². The van der Waals surface area contributed by atoms with Crippen molar-refractivity contribution in [3.05, 3.63) is 29.6 Å². The standard InChI is InChI=1S/C11H15FN2O/c12-10-5-8(1-2-11(10)15)6-14-4-3-9(13)7-14/h1-2,5,9,15H,3-4,6-7,13H2. The summed E-state index contributed by atoms with van der Waals surface area (Å²) in [5, 5.41) is 9.04. The molecule has 0 radical (unpaired) electrons. The summed E-state index contributed by atoms with van der Waals surface area (Å²) in [4.78, 5) is 2.19. The lowest BCUT2D eigenvalue weighted by atomic mass is 10.2. The Morgan fingerprint density at radius 1 is 1.53 bits per heavy atom. The van der Waals surface area contributed by atoms with Crippen molar-refractivity contribution >= 4 is 0 Å². The largest absolute Gasteiger partial charge is 0.505 e. The highest BCUT2D eigenvalue weighted by atomic mass is 19.1. The van der Waals surface area contributed by atoms with E-state index in [4.69, 9.17) is 10.8 Å². The highest BCUT2D eigenvalue weighted by molar-refractivity contribution is 5.28. The molecule has 4 heteroatoms. The fraction of sp³-hybridized carbons (Fsp3) is 0.455. The number of halogens is 1. The normalized spacial score (nSPS) is 22.1. The predicted molar refractivity (Wildman–Crippen MR) is 55.9 cm³/mol. The van der Waals surface area contributed by atoms with Crippen molar-refractivity contribution in [2.45, 2.75) is 19.0 Å². The lowest BCUT2D eigenvalue weighted by Gasteiger charge is -2.15. The minimum Gasteiger partial charge on any atom is -0.505 e. The van der Waals surface area contributed by atoms with E-state index in [1.54, 1.807) is 6.07 Å². The van der Waals surface area contributed by atoms with Crippen LogP contribution in [0.5, 0.6) is 5.75 Å². The molecular weight excluding hydrogens is 195 g/mol. The third-order valence-corrected chi connectivity index (χ3v) is 2.73. The lowest BCUT2D eigenvalue weighted by Crippen LogP contribution is -2.26. The van der Waals surface area contributed by atoms with Gasteiger partial charge in [-0.25, -0.2) is 4.39 Å². The zero-order valence-electron chi connectivity index (χ0n) is 8.49. The highest BCUT2D eigenvalue weighted by Crippen LogP contribution is 2.18. The van der Waals surface area contributed by atoms with Gasteiger partial charge in [-0.15, -0.1) is 0 Å². The molecule has 3 nitrogen and oxygen atoms in total. The van der Waals surface area contributed by atoms with Gasteiger partial charge >= 0.3 is 0 Å². The van der Waals surface area contributed by atoms with E-state index in [1.807, 2.05) is 0 Å². The van der Waals surface area contributed by atoms with Crippen molar-refractivity contribution in [1.82, 2.24) is 4.90 Å². The molecule has 1 aromatic carbocycles. The maximum Gasteiger partial charge on any atom is 0.165 e. The summed E-state index contributed by atoms with van der Waals surface area (Å²) >= 11 is 0. The van der Waals surface area contributed by atoms with Crippen LogP contribution >= 0.6 is 0 Å². The molecule has 1 saturated heterocycles. The first-order valence-electron chi connectivity index (χ1n) is 5.10. The summed E-state index contributed by atoms with van der Waals surface area (Å²) in [6.45, 7) is 2.52. The SMILES string of the molecule is NC1CCN(Cc2ccc(O)c(F)c2)C1. The molecule has 3 N–H and O–H groups in total. The van der Waals surface area contributed by atoms with Crippen LogP contribution in [-0.2, 0) is 6.54 Å². The first-order chi connectivity index (χ1) is 7.15. The molecule has 0 spiro atoms. The molecule has 1 atom stereocenters. The molecule has 0 amide bonds. The Morgan fingerprint density at radius 2 is 2.33 bits per heavy atom. The number of nitrogens with two attached hydrogens (primary N) is 1. The summed E-state index contributed by atoms with van der Waals surface area (Å²) in [5.74, 6) is -0.854. The Morgan fingerprint density at radius 3 is 2.93 bits per heavy atom. The molecule has 0 saturated carbocycles. The Kier molecular flexibility index (Phi) is 2.88. The van der Waals surface area contributed by atoms with Crippen molar-refractivity contribution < 1.29 is 9.50 Å². The van der Waals surface area contributed by atoms with Gasteiger partial charge in [0.2, 0.25) is 0 Å². The van der Waals surface area contributed by atoms with Crippen LogP contribution in [0.25, 0.3) is 0 Å². The fourth-order valence-electron chi connectivity index (χ4n) is 1.91. The molecule has 1 unspecified atom stereocenters. The third kappa shape index (κ3) is 2.46. The number of nitrogens with zero attached hydrogens (tertiary/aromatic N) is 1. The first kappa shape index (κ1) is 10.4. The van der Waals surface area contributed by atoms with Gasteiger partial charge in [-0.1, -0.05) is 6.07 Å². The summed E-state index contributed by atoms with van der Waals surface area (Å²) in [6, 6.07) is 4.74. The Bertz CT molecular complexity index is 356. The summed E-state index contributed by atoms with van der Waals surface area (Å²) in [6.07, 6.45) is 1.00. The van der Waals surface area contributed by atoms with Gasteiger partial charge in [0.25, 0.3) is 0 Å². The number of phenols is 1. The fourth-order valence-corrected chi connectivity index (χ4v) is 1.91. The minimum absolute atomic E-state index is 0.243. The van der Waals surface area contributed by atoms with Crippen molar-refractivity contribution in [1.29, 1.82) is 0 Å². The molecule has 1 heterocycles. The average molecular weight is 210 g/mol. The summed E-state index contributed by atoms with van der Waals surface area (Å²) in [7, 11) is 0. The van der Waals surface area contributed by atoms with Crippen LogP contribution in [0.2, 0.25) is 0 Å². The molecule has 0 aliphatic carbocycles. The molecular formula is C11H15FN2O. The quantitative estimate of drug-likeness (QED) is 0.767. The van der Waals surface area contributed by atoms with E-state index in [0.29, 0.717) is 6.54 Å². The van der Waals surface area contributed by atoms with Gasteiger partial charge in [-0.2, -0.15) is 0 Å². The zero-order valence-corrected chi connectivity index (χ0v) is 8.49. The van der Waals surface area contributed by atoms with E-state index >= 15 is 0 Å². The number of phenolic OH excluding ortho intramolecular Hbond substituents is 1. The van der Waals surface area contributed by atoms with Crippen LogP contribution in [0.4, 0.5) is 4.39 Å². The smallest absolute Gasteiger partial charge is 0.165 e. The van der Waals surface area contributed by atoms with E-state index in [1.165, 1.54) is 12.1 Å². The number of hydrogen-bond donors (Lipinski definition) is 2. The van der Waals surface area contributed by atoms with E-state index in [-0.39, 0.29) is 11.8 Å². The third-order valence-electron chi connectivity index (χ3n) is 2.73. The maximum absolute atomic E-state index is 13.0. The topological polar surface area (TPSA) is 49.5 Å².